The number of aliphatic imine (C=N–C) groups is 2. The van der Waals surface area contributed by atoms with Crippen molar-refractivity contribution in [1.29, 1.82) is 0 Å². The predicted molar refractivity (Wildman–Crippen MR) is 118 cm³/mol. The van der Waals surface area contributed by atoms with Crippen molar-refractivity contribution in [3.05, 3.63) is 23.8 Å². The minimum atomic E-state index is -0.376. The summed E-state index contributed by atoms with van der Waals surface area (Å²) in [6.07, 6.45) is 4.13. The van der Waals surface area contributed by atoms with Crippen LogP contribution in [0.2, 0.25) is 0 Å². The molecule has 1 N–H and O–H groups in total. The SMILES string of the molecule is CCCN1CCN(C2CN=CC(C(=O)N/N=C/c3cc(OC)cc(OC)c3)=N2)CC1. The molecule has 30 heavy (non-hydrogen) atoms. The molecule has 1 atom stereocenters. The first-order valence-corrected chi connectivity index (χ1v) is 10.2. The summed E-state index contributed by atoms with van der Waals surface area (Å²) in [7, 11) is 3.16. The Bertz CT molecular complexity index is 793. The van der Waals surface area contributed by atoms with Crippen LogP contribution in [-0.4, -0.2) is 93.5 Å². The van der Waals surface area contributed by atoms with Gasteiger partial charge in [-0.25, -0.2) is 5.43 Å². The molecule has 2 aliphatic rings. The van der Waals surface area contributed by atoms with E-state index in [9.17, 15) is 4.79 Å². The van der Waals surface area contributed by atoms with Crippen molar-refractivity contribution in [1.82, 2.24) is 15.2 Å². The van der Waals surface area contributed by atoms with E-state index < -0.39 is 0 Å². The molecule has 0 aromatic heterocycles. The van der Waals surface area contributed by atoms with E-state index in [4.69, 9.17) is 9.47 Å². The van der Waals surface area contributed by atoms with Gasteiger partial charge in [-0.3, -0.25) is 19.7 Å². The zero-order chi connectivity index (χ0) is 21.3. The topological polar surface area (TPSA) is 91.1 Å². The molecule has 3 rings (SSSR count). The van der Waals surface area contributed by atoms with E-state index in [1.807, 2.05) is 0 Å². The highest BCUT2D eigenvalue weighted by Crippen LogP contribution is 2.21. The van der Waals surface area contributed by atoms with Gasteiger partial charge in [-0.2, -0.15) is 5.10 Å². The molecule has 0 bridgehead atoms. The maximum Gasteiger partial charge on any atom is 0.291 e. The van der Waals surface area contributed by atoms with Crippen molar-refractivity contribution < 1.29 is 14.3 Å². The van der Waals surface area contributed by atoms with Crippen LogP contribution in [0.5, 0.6) is 11.5 Å². The summed E-state index contributed by atoms with van der Waals surface area (Å²) in [5.74, 6) is 0.916. The highest BCUT2D eigenvalue weighted by atomic mass is 16.5. The number of hydrogen-bond acceptors (Lipinski definition) is 8. The lowest BCUT2D eigenvalue weighted by Gasteiger charge is -2.37. The molecule has 2 heterocycles. The van der Waals surface area contributed by atoms with Crippen molar-refractivity contribution in [2.75, 3.05) is 53.5 Å². The molecule has 9 nitrogen and oxygen atoms in total. The number of carbonyl (C=O) groups excluding carboxylic acids is 1. The fourth-order valence-electron chi connectivity index (χ4n) is 3.51. The fourth-order valence-corrected chi connectivity index (χ4v) is 3.51. The van der Waals surface area contributed by atoms with Crippen LogP contribution in [0.4, 0.5) is 0 Å². The number of benzene rings is 1. The summed E-state index contributed by atoms with van der Waals surface area (Å²) in [6.45, 7) is 7.84. The van der Waals surface area contributed by atoms with Gasteiger partial charge in [0, 0.05) is 37.8 Å². The fraction of sp³-hybridized carbons (Fsp3) is 0.524. The molecule has 0 radical (unpaired) electrons. The first-order chi connectivity index (χ1) is 14.6. The predicted octanol–water partition coefficient (Wildman–Crippen LogP) is 1.03. The smallest absolute Gasteiger partial charge is 0.291 e. The number of hydrazone groups is 1. The first-order valence-electron chi connectivity index (χ1n) is 10.2. The summed E-state index contributed by atoms with van der Waals surface area (Å²) >= 11 is 0. The average molecular weight is 415 g/mol. The molecule has 1 aromatic rings. The Labute approximate surface area is 177 Å². The number of rotatable bonds is 8. The molecule has 0 saturated carbocycles. The normalized spacial score (nSPS) is 20.2. The molecule has 1 aromatic carbocycles. The number of piperazine rings is 1. The lowest BCUT2D eigenvalue weighted by Crippen LogP contribution is -2.51. The summed E-state index contributed by atoms with van der Waals surface area (Å²) in [4.78, 5) is 26.2. The number of nitrogens with zero attached hydrogens (tertiary/aromatic N) is 5. The van der Waals surface area contributed by atoms with Crippen LogP contribution in [-0.2, 0) is 4.79 Å². The van der Waals surface area contributed by atoms with Crippen molar-refractivity contribution in [2.45, 2.75) is 19.5 Å². The molecular weight excluding hydrogens is 384 g/mol. The van der Waals surface area contributed by atoms with E-state index in [1.165, 1.54) is 18.9 Å². The lowest BCUT2D eigenvalue weighted by molar-refractivity contribution is -0.114. The third-order valence-corrected chi connectivity index (χ3v) is 5.12. The van der Waals surface area contributed by atoms with E-state index in [0.29, 0.717) is 23.8 Å². The third-order valence-electron chi connectivity index (χ3n) is 5.12. The second-order valence-electron chi connectivity index (χ2n) is 7.21. The average Bonchev–Trinajstić information content (AvgIpc) is 2.79. The number of nitrogens with one attached hydrogen (secondary N) is 1. The molecule has 0 spiro atoms. The summed E-state index contributed by atoms with van der Waals surface area (Å²) in [5.41, 5.74) is 3.56. The van der Waals surface area contributed by atoms with Crippen molar-refractivity contribution in [2.24, 2.45) is 15.1 Å². The standard InChI is InChI=1S/C21H30N6O3/c1-4-5-26-6-8-27(9-7-26)20-15-22-14-19(24-20)21(28)25-23-13-16-10-17(29-2)12-18(11-16)30-3/h10-14,20H,4-9,15H2,1-3H3,(H,25,28)/b23-13+. The molecule has 0 aliphatic carbocycles. The number of amides is 1. The van der Waals surface area contributed by atoms with Crippen molar-refractivity contribution >= 4 is 24.0 Å². The lowest BCUT2D eigenvalue weighted by atomic mass is 10.2. The third kappa shape index (κ3) is 5.87. The molecule has 1 amide bonds. The minimum absolute atomic E-state index is 0.0915. The van der Waals surface area contributed by atoms with Gasteiger partial charge < -0.3 is 14.4 Å². The van der Waals surface area contributed by atoms with Gasteiger partial charge in [-0.15, -0.1) is 0 Å². The Hall–Kier alpha value is -2.78. The van der Waals surface area contributed by atoms with Gasteiger partial charge in [0.1, 0.15) is 23.4 Å². The Morgan fingerprint density at radius 1 is 1.20 bits per heavy atom. The van der Waals surface area contributed by atoms with Crippen LogP contribution in [0, 0.1) is 0 Å². The van der Waals surface area contributed by atoms with E-state index in [-0.39, 0.29) is 12.1 Å². The highest BCUT2D eigenvalue weighted by molar-refractivity contribution is 6.60. The van der Waals surface area contributed by atoms with Crippen molar-refractivity contribution in [3.63, 3.8) is 0 Å². The maximum absolute atomic E-state index is 12.5. The second kappa shape index (κ2) is 10.8. The van der Waals surface area contributed by atoms with Crippen LogP contribution < -0.4 is 14.9 Å². The highest BCUT2D eigenvalue weighted by Gasteiger charge is 2.25. The quantitative estimate of drug-likeness (QED) is 0.507. The second-order valence-corrected chi connectivity index (χ2v) is 7.21. The Kier molecular flexibility index (Phi) is 7.92. The molecule has 9 heteroatoms. The van der Waals surface area contributed by atoms with Crippen LogP contribution in [0.3, 0.4) is 0 Å². The van der Waals surface area contributed by atoms with Crippen LogP contribution in [0.1, 0.15) is 18.9 Å². The van der Waals surface area contributed by atoms with Crippen LogP contribution in [0.15, 0.2) is 33.3 Å². The Balaban J connectivity index is 1.57. The van der Waals surface area contributed by atoms with Gasteiger partial charge in [-0.1, -0.05) is 6.92 Å². The van der Waals surface area contributed by atoms with E-state index in [2.05, 4.69) is 37.2 Å². The summed E-state index contributed by atoms with van der Waals surface area (Å²) in [5, 5.41) is 4.04. The largest absolute Gasteiger partial charge is 0.497 e. The van der Waals surface area contributed by atoms with Gasteiger partial charge in [0.05, 0.1) is 33.2 Å². The van der Waals surface area contributed by atoms with Gasteiger partial charge >= 0.3 is 0 Å². The molecular formula is C21H30N6O3. The molecule has 2 aliphatic heterocycles. The van der Waals surface area contributed by atoms with Crippen molar-refractivity contribution in [3.8, 4) is 11.5 Å². The van der Waals surface area contributed by atoms with Gasteiger partial charge in [0.15, 0.2) is 0 Å². The summed E-state index contributed by atoms with van der Waals surface area (Å²) < 4.78 is 10.5. The molecule has 1 saturated heterocycles. The van der Waals surface area contributed by atoms with Gasteiger partial charge in [-0.05, 0) is 25.1 Å². The molecule has 162 valence electrons. The van der Waals surface area contributed by atoms with Gasteiger partial charge in [0.25, 0.3) is 5.91 Å². The van der Waals surface area contributed by atoms with E-state index in [1.54, 1.807) is 32.4 Å². The van der Waals surface area contributed by atoms with Crippen LogP contribution in [0.25, 0.3) is 0 Å². The maximum atomic E-state index is 12.5. The zero-order valence-electron chi connectivity index (χ0n) is 17.9. The number of ether oxygens (including phenoxy) is 2. The van der Waals surface area contributed by atoms with Crippen LogP contribution >= 0.6 is 0 Å². The minimum Gasteiger partial charge on any atom is -0.497 e. The number of carbonyl (C=O) groups is 1. The van der Waals surface area contributed by atoms with E-state index in [0.717, 1.165) is 38.3 Å². The number of hydrogen-bond donors (Lipinski definition) is 1. The summed E-state index contributed by atoms with van der Waals surface area (Å²) in [6, 6.07) is 5.36. The van der Waals surface area contributed by atoms with E-state index >= 15 is 0 Å². The first kappa shape index (κ1) is 21.9. The molecule has 1 fully saturated rings. The van der Waals surface area contributed by atoms with Gasteiger partial charge in [0.2, 0.25) is 0 Å². The monoisotopic (exact) mass is 414 g/mol. The Morgan fingerprint density at radius 2 is 1.90 bits per heavy atom. The number of methoxy groups -OCH3 is 2. The zero-order valence-corrected chi connectivity index (χ0v) is 17.9. The molecule has 1 unspecified atom stereocenters. The Morgan fingerprint density at radius 3 is 2.53 bits per heavy atom.